The summed E-state index contributed by atoms with van der Waals surface area (Å²) >= 11 is 1.42. The molecule has 22 heavy (non-hydrogen) atoms. The number of nitrogens with zero attached hydrogens (tertiary/aromatic N) is 1. The Morgan fingerprint density at radius 2 is 1.95 bits per heavy atom. The molecule has 1 aliphatic rings. The van der Waals surface area contributed by atoms with Gasteiger partial charge in [-0.2, -0.15) is 0 Å². The number of carbonyl (C=O) groups excluding carboxylic acids is 2. The molecule has 0 spiro atoms. The monoisotopic (exact) mass is 316 g/mol. The number of benzene rings is 1. The molecular weight excluding hydrogens is 300 g/mol. The molecule has 3 rings (SSSR count). The second-order valence-electron chi connectivity index (χ2n) is 5.37. The Bertz CT molecular complexity index is 687. The molecule has 2 aromatic rings. The number of rotatable bonds is 4. The van der Waals surface area contributed by atoms with Crippen LogP contribution in [0.1, 0.15) is 23.5 Å². The molecule has 1 fully saturated rings. The molecule has 5 nitrogen and oxygen atoms in total. The molecule has 2 heterocycles. The molecule has 3 amide bonds. The highest BCUT2D eigenvalue weighted by atomic mass is 32.1. The molecule has 0 aliphatic carbocycles. The Balaban J connectivity index is 1.81. The smallest absolute Gasteiger partial charge is 0.325 e. The van der Waals surface area contributed by atoms with E-state index in [0.717, 1.165) is 9.78 Å². The van der Waals surface area contributed by atoms with Gasteiger partial charge < -0.3 is 10.4 Å². The average Bonchev–Trinajstić information content (AvgIpc) is 3.13. The zero-order valence-electron chi connectivity index (χ0n) is 12.0. The molecule has 0 radical (unpaired) electrons. The summed E-state index contributed by atoms with van der Waals surface area (Å²) in [5.41, 5.74) is -0.380. The maximum atomic E-state index is 12.6. The number of amides is 3. The van der Waals surface area contributed by atoms with Crippen molar-refractivity contribution in [2.75, 3.05) is 6.54 Å². The van der Waals surface area contributed by atoms with Gasteiger partial charge in [0.25, 0.3) is 5.91 Å². The van der Waals surface area contributed by atoms with Crippen LogP contribution in [0.25, 0.3) is 0 Å². The van der Waals surface area contributed by atoms with Gasteiger partial charge in [0.05, 0.1) is 12.6 Å². The van der Waals surface area contributed by atoms with Gasteiger partial charge in [-0.3, -0.25) is 9.69 Å². The molecule has 6 heteroatoms. The molecular formula is C16H16N2O3S. The fourth-order valence-corrected chi connectivity index (χ4v) is 3.38. The lowest BCUT2D eigenvalue weighted by Crippen LogP contribution is -2.40. The summed E-state index contributed by atoms with van der Waals surface area (Å²) in [5, 5.41) is 14.8. The van der Waals surface area contributed by atoms with Crippen molar-refractivity contribution in [3.8, 4) is 0 Å². The minimum atomic E-state index is -1.05. The highest BCUT2D eigenvalue weighted by Gasteiger charge is 2.49. The van der Waals surface area contributed by atoms with E-state index in [0.29, 0.717) is 5.56 Å². The maximum Gasteiger partial charge on any atom is 0.325 e. The van der Waals surface area contributed by atoms with Gasteiger partial charge in [0.1, 0.15) is 0 Å². The molecule has 1 aromatic heterocycles. The summed E-state index contributed by atoms with van der Waals surface area (Å²) in [6, 6.07) is 12.2. The van der Waals surface area contributed by atoms with Crippen LogP contribution in [0.15, 0.2) is 47.8 Å². The van der Waals surface area contributed by atoms with E-state index in [9.17, 15) is 14.7 Å². The van der Waals surface area contributed by atoms with Crippen LogP contribution < -0.4 is 5.32 Å². The third-order valence-electron chi connectivity index (χ3n) is 3.83. The van der Waals surface area contributed by atoms with Gasteiger partial charge in [-0.15, -0.1) is 11.3 Å². The lowest BCUT2D eigenvalue weighted by Gasteiger charge is -2.21. The Labute approximate surface area is 132 Å². The second kappa shape index (κ2) is 5.55. The molecule has 2 unspecified atom stereocenters. The number of nitrogens with one attached hydrogen (secondary N) is 1. The first-order chi connectivity index (χ1) is 10.5. The Morgan fingerprint density at radius 3 is 2.59 bits per heavy atom. The first kappa shape index (κ1) is 14.7. The van der Waals surface area contributed by atoms with Crippen molar-refractivity contribution in [1.29, 1.82) is 0 Å². The fourth-order valence-electron chi connectivity index (χ4n) is 2.55. The van der Waals surface area contributed by atoms with Gasteiger partial charge in [-0.05, 0) is 23.9 Å². The van der Waals surface area contributed by atoms with Gasteiger partial charge in [-0.1, -0.05) is 36.4 Å². The molecule has 1 saturated heterocycles. The molecule has 0 bridgehead atoms. The number of aliphatic hydroxyl groups is 1. The van der Waals surface area contributed by atoms with E-state index in [2.05, 4.69) is 5.32 Å². The van der Waals surface area contributed by atoms with Crippen LogP contribution in [0, 0.1) is 0 Å². The van der Waals surface area contributed by atoms with Crippen LogP contribution >= 0.6 is 11.3 Å². The van der Waals surface area contributed by atoms with Gasteiger partial charge in [-0.25, -0.2) is 4.79 Å². The average molecular weight is 316 g/mol. The predicted octanol–water partition coefficient (Wildman–Crippen LogP) is 2.25. The quantitative estimate of drug-likeness (QED) is 0.850. The van der Waals surface area contributed by atoms with Crippen molar-refractivity contribution in [1.82, 2.24) is 10.2 Å². The van der Waals surface area contributed by atoms with Crippen LogP contribution in [0.3, 0.4) is 0 Å². The third kappa shape index (κ3) is 2.40. The first-order valence-electron chi connectivity index (χ1n) is 6.93. The van der Waals surface area contributed by atoms with Crippen LogP contribution in [-0.2, 0) is 10.3 Å². The number of hydrogen-bond donors (Lipinski definition) is 2. The van der Waals surface area contributed by atoms with Crippen molar-refractivity contribution in [3.63, 3.8) is 0 Å². The SMILES string of the molecule is CC1(c2cccs2)NC(=O)N(CC(O)c2ccccc2)C1=O. The van der Waals surface area contributed by atoms with Crippen molar-refractivity contribution >= 4 is 23.3 Å². The van der Waals surface area contributed by atoms with Crippen LogP contribution in [0.2, 0.25) is 0 Å². The van der Waals surface area contributed by atoms with Crippen LogP contribution in [-0.4, -0.2) is 28.5 Å². The first-order valence-corrected chi connectivity index (χ1v) is 7.81. The Morgan fingerprint density at radius 1 is 1.23 bits per heavy atom. The van der Waals surface area contributed by atoms with Crippen molar-refractivity contribution in [3.05, 3.63) is 58.3 Å². The number of carbonyl (C=O) groups is 2. The van der Waals surface area contributed by atoms with E-state index in [1.807, 2.05) is 23.6 Å². The Hall–Kier alpha value is -2.18. The number of hydrogen-bond acceptors (Lipinski definition) is 4. The maximum absolute atomic E-state index is 12.6. The zero-order chi connectivity index (χ0) is 15.7. The Kier molecular flexibility index (Phi) is 3.72. The lowest BCUT2D eigenvalue weighted by molar-refractivity contribution is -0.132. The van der Waals surface area contributed by atoms with Crippen LogP contribution in [0.5, 0.6) is 0 Å². The van der Waals surface area contributed by atoms with E-state index >= 15 is 0 Å². The number of imide groups is 1. The van der Waals surface area contributed by atoms with Gasteiger partial charge in [0.15, 0.2) is 5.54 Å². The topological polar surface area (TPSA) is 69.6 Å². The van der Waals surface area contributed by atoms with E-state index < -0.39 is 17.7 Å². The number of urea groups is 1. The van der Waals surface area contributed by atoms with E-state index in [1.54, 1.807) is 31.2 Å². The minimum absolute atomic E-state index is 0.0599. The van der Waals surface area contributed by atoms with Crippen LogP contribution in [0.4, 0.5) is 4.79 Å². The fraction of sp³-hybridized carbons (Fsp3) is 0.250. The van der Waals surface area contributed by atoms with Gasteiger partial charge in [0, 0.05) is 4.88 Å². The standard InChI is InChI=1S/C16H16N2O3S/c1-16(13-8-5-9-22-13)14(20)18(15(21)17-16)10-12(19)11-6-3-2-4-7-11/h2-9,12,19H,10H2,1H3,(H,17,21). The van der Waals surface area contributed by atoms with Crippen molar-refractivity contribution in [2.45, 2.75) is 18.6 Å². The van der Waals surface area contributed by atoms with Gasteiger partial charge in [0.2, 0.25) is 0 Å². The van der Waals surface area contributed by atoms with Crippen molar-refractivity contribution < 1.29 is 14.7 Å². The summed E-state index contributed by atoms with van der Waals surface area (Å²) in [6.45, 7) is 1.63. The van der Waals surface area contributed by atoms with Gasteiger partial charge >= 0.3 is 6.03 Å². The minimum Gasteiger partial charge on any atom is -0.387 e. The summed E-state index contributed by atoms with van der Waals surface area (Å²) in [6.07, 6.45) is -0.901. The summed E-state index contributed by atoms with van der Waals surface area (Å²) in [4.78, 5) is 26.7. The summed E-state index contributed by atoms with van der Waals surface area (Å²) < 4.78 is 0. The highest BCUT2D eigenvalue weighted by Crippen LogP contribution is 2.32. The molecule has 114 valence electrons. The molecule has 2 N–H and O–H groups in total. The molecule has 0 saturated carbocycles. The largest absolute Gasteiger partial charge is 0.387 e. The number of thiophene rings is 1. The summed E-state index contributed by atoms with van der Waals surface area (Å²) in [7, 11) is 0. The number of β-amino-alcohol motifs (C(OH)–C–C–N with tert-alkyl or cyclic N) is 1. The van der Waals surface area contributed by atoms with Crippen molar-refractivity contribution in [2.24, 2.45) is 0 Å². The summed E-state index contributed by atoms with van der Waals surface area (Å²) in [5.74, 6) is -0.338. The highest BCUT2D eigenvalue weighted by molar-refractivity contribution is 7.10. The van der Waals surface area contributed by atoms with E-state index in [-0.39, 0.29) is 12.5 Å². The lowest BCUT2D eigenvalue weighted by atomic mass is 10.0. The zero-order valence-corrected chi connectivity index (χ0v) is 12.8. The molecule has 2 atom stereocenters. The normalized spacial score (nSPS) is 22.7. The van der Waals surface area contributed by atoms with E-state index in [4.69, 9.17) is 0 Å². The molecule has 1 aliphatic heterocycles. The third-order valence-corrected chi connectivity index (χ3v) is 4.92. The van der Waals surface area contributed by atoms with E-state index in [1.165, 1.54) is 11.3 Å². The predicted molar refractivity (Wildman–Crippen MR) is 83.3 cm³/mol. The molecule has 1 aromatic carbocycles. The number of aliphatic hydroxyl groups excluding tert-OH is 1. The second-order valence-corrected chi connectivity index (χ2v) is 6.32.